The summed E-state index contributed by atoms with van der Waals surface area (Å²) in [6, 6.07) is 12.7. The number of amides is 1. The highest BCUT2D eigenvalue weighted by Crippen LogP contribution is 2.20. The van der Waals surface area contributed by atoms with Crippen LogP contribution in [0.25, 0.3) is 0 Å². The zero-order valence-corrected chi connectivity index (χ0v) is 15.6. The van der Waals surface area contributed by atoms with Crippen LogP contribution in [0, 0.1) is 0 Å². The molecule has 0 heterocycles. The number of anilines is 1. The Morgan fingerprint density at radius 3 is 2.36 bits per heavy atom. The topological polar surface area (TPSA) is 75.7 Å². The van der Waals surface area contributed by atoms with Gasteiger partial charge in [0.25, 0.3) is 5.91 Å². The molecule has 2 aromatic rings. The Morgan fingerprint density at radius 2 is 1.80 bits per heavy atom. The second kappa shape index (κ2) is 7.86. The molecule has 6 nitrogen and oxygen atoms in total. The predicted molar refractivity (Wildman–Crippen MR) is 97.5 cm³/mol. The molecule has 0 fully saturated rings. The number of carbonyl (C=O) groups is 1. The van der Waals surface area contributed by atoms with Gasteiger partial charge >= 0.3 is 0 Å². The van der Waals surface area contributed by atoms with Gasteiger partial charge in [-0.1, -0.05) is 17.7 Å². The standard InChI is InChI=1S/C17H19ClN2O4S/c1-12(24-15-6-4-5-13(18)11-15)17(21)19-14-7-9-16(10-8-14)25(22,23)20(2)3/h4-12H,1-3H3,(H,19,21). The Labute approximate surface area is 152 Å². The molecule has 0 saturated carbocycles. The maximum atomic E-state index is 12.2. The van der Waals surface area contributed by atoms with Crippen molar-refractivity contribution in [3.63, 3.8) is 0 Å². The minimum Gasteiger partial charge on any atom is -0.481 e. The quantitative estimate of drug-likeness (QED) is 0.833. The Balaban J connectivity index is 2.03. The lowest BCUT2D eigenvalue weighted by Crippen LogP contribution is -2.30. The molecule has 0 saturated heterocycles. The molecule has 2 aromatic carbocycles. The highest BCUT2D eigenvalue weighted by molar-refractivity contribution is 7.89. The predicted octanol–water partition coefficient (Wildman–Crippen LogP) is 3.00. The second-order valence-corrected chi connectivity index (χ2v) is 8.11. The number of nitrogens with one attached hydrogen (secondary N) is 1. The molecule has 0 spiro atoms. The molecule has 1 amide bonds. The normalized spacial score (nSPS) is 12.7. The van der Waals surface area contributed by atoms with Crippen LogP contribution in [0.1, 0.15) is 6.92 Å². The fraction of sp³-hybridized carbons (Fsp3) is 0.235. The summed E-state index contributed by atoms with van der Waals surface area (Å²) < 4.78 is 30.7. The van der Waals surface area contributed by atoms with Gasteiger partial charge in [-0.25, -0.2) is 12.7 Å². The van der Waals surface area contributed by atoms with E-state index in [2.05, 4.69) is 5.32 Å². The molecule has 134 valence electrons. The van der Waals surface area contributed by atoms with Crippen molar-refractivity contribution >= 4 is 33.2 Å². The van der Waals surface area contributed by atoms with E-state index in [1.807, 2.05) is 0 Å². The lowest BCUT2D eigenvalue weighted by molar-refractivity contribution is -0.122. The Bertz CT molecular complexity index is 851. The van der Waals surface area contributed by atoms with Gasteiger partial charge in [0.05, 0.1) is 4.90 Å². The molecule has 1 N–H and O–H groups in total. The third-order valence-corrected chi connectivity index (χ3v) is 5.44. The van der Waals surface area contributed by atoms with Crippen LogP contribution in [0.4, 0.5) is 5.69 Å². The van der Waals surface area contributed by atoms with Crippen LogP contribution in [0.15, 0.2) is 53.4 Å². The minimum atomic E-state index is -3.50. The summed E-state index contributed by atoms with van der Waals surface area (Å²) in [5, 5.41) is 3.20. The van der Waals surface area contributed by atoms with Crippen LogP contribution in [0.3, 0.4) is 0 Å². The first-order valence-electron chi connectivity index (χ1n) is 7.46. The van der Waals surface area contributed by atoms with Crippen LogP contribution in [0.5, 0.6) is 5.75 Å². The third kappa shape index (κ3) is 4.94. The number of nitrogens with zero attached hydrogens (tertiary/aromatic N) is 1. The van der Waals surface area contributed by atoms with Crippen molar-refractivity contribution in [3.05, 3.63) is 53.6 Å². The first kappa shape index (κ1) is 19.2. The van der Waals surface area contributed by atoms with Crippen LogP contribution in [-0.2, 0) is 14.8 Å². The number of hydrogen-bond donors (Lipinski definition) is 1. The van der Waals surface area contributed by atoms with E-state index in [0.29, 0.717) is 16.5 Å². The number of sulfonamides is 1. The number of hydrogen-bond acceptors (Lipinski definition) is 4. The van der Waals surface area contributed by atoms with Crippen LogP contribution in [-0.4, -0.2) is 38.8 Å². The number of benzene rings is 2. The molecule has 1 atom stereocenters. The molecule has 1 unspecified atom stereocenters. The molecule has 0 aromatic heterocycles. The van der Waals surface area contributed by atoms with Gasteiger partial charge in [-0.2, -0.15) is 0 Å². The van der Waals surface area contributed by atoms with E-state index in [1.54, 1.807) is 31.2 Å². The van der Waals surface area contributed by atoms with Gasteiger partial charge < -0.3 is 10.1 Å². The van der Waals surface area contributed by atoms with E-state index < -0.39 is 16.1 Å². The average Bonchev–Trinajstić information content (AvgIpc) is 2.55. The van der Waals surface area contributed by atoms with E-state index in [4.69, 9.17) is 16.3 Å². The van der Waals surface area contributed by atoms with E-state index >= 15 is 0 Å². The SMILES string of the molecule is CC(Oc1cccc(Cl)c1)C(=O)Nc1ccc(S(=O)(=O)N(C)C)cc1. The van der Waals surface area contributed by atoms with Crippen molar-refractivity contribution in [2.24, 2.45) is 0 Å². The summed E-state index contributed by atoms with van der Waals surface area (Å²) in [6.07, 6.45) is -0.747. The average molecular weight is 383 g/mol. The second-order valence-electron chi connectivity index (χ2n) is 5.52. The molecular formula is C17H19ClN2O4S. The highest BCUT2D eigenvalue weighted by Gasteiger charge is 2.18. The molecule has 0 radical (unpaired) electrons. The van der Waals surface area contributed by atoms with Gasteiger partial charge in [-0.05, 0) is 49.4 Å². The summed E-state index contributed by atoms with van der Waals surface area (Å²) in [6.45, 7) is 1.61. The zero-order valence-electron chi connectivity index (χ0n) is 14.1. The Kier molecular flexibility index (Phi) is 6.05. The van der Waals surface area contributed by atoms with Crippen molar-refractivity contribution in [2.75, 3.05) is 19.4 Å². The number of ether oxygens (including phenoxy) is 1. The van der Waals surface area contributed by atoms with Crippen molar-refractivity contribution < 1.29 is 17.9 Å². The molecule has 0 aliphatic heterocycles. The molecule has 8 heteroatoms. The highest BCUT2D eigenvalue weighted by atomic mass is 35.5. The summed E-state index contributed by atoms with van der Waals surface area (Å²) in [4.78, 5) is 12.3. The molecule has 0 bridgehead atoms. The van der Waals surface area contributed by atoms with Crippen LogP contribution in [0.2, 0.25) is 5.02 Å². The molecule has 25 heavy (non-hydrogen) atoms. The summed E-state index contributed by atoms with van der Waals surface area (Å²) in [5.74, 6) is 0.130. The maximum Gasteiger partial charge on any atom is 0.265 e. The monoisotopic (exact) mass is 382 g/mol. The summed E-state index contributed by atoms with van der Waals surface area (Å²) >= 11 is 5.88. The van der Waals surface area contributed by atoms with Crippen molar-refractivity contribution in [2.45, 2.75) is 17.9 Å². The van der Waals surface area contributed by atoms with Gasteiger partial charge in [0.15, 0.2) is 6.10 Å². The van der Waals surface area contributed by atoms with Crippen molar-refractivity contribution in [1.82, 2.24) is 4.31 Å². The minimum absolute atomic E-state index is 0.152. The van der Waals surface area contributed by atoms with Gasteiger partial charge in [0, 0.05) is 24.8 Å². The summed E-state index contributed by atoms with van der Waals surface area (Å²) in [5.41, 5.74) is 0.476. The maximum absolute atomic E-state index is 12.2. The molecular weight excluding hydrogens is 364 g/mol. The van der Waals surface area contributed by atoms with Gasteiger partial charge in [-0.3, -0.25) is 4.79 Å². The number of halogens is 1. The van der Waals surface area contributed by atoms with E-state index in [-0.39, 0.29) is 10.8 Å². The Morgan fingerprint density at radius 1 is 1.16 bits per heavy atom. The lowest BCUT2D eigenvalue weighted by Gasteiger charge is -2.15. The molecule has 2 rings (SSSR count). The van der Waals surface area contributed by atoms with E-state index in [0.717, 1.165) is 4.31 Å². The number of rotatable bonds is 6. The summed E-state index contributed by atoms with van der Waals surface area (Å²) in [7, 11) is -0.583. The van der Waals surface area contributed by atoms with Crippen molar-refractivity contribution in [1.29, 1.82) is 0 Å². The molecule has 0 aliphatic rings. The molecule has 0 aliphatic carbocycles. The fourth-order valence-corrected chi connectivity index (χ4v) is 3.04. The van der Waals surface area contributed by atoms with Crippen LogP contribution < -0.4 is 10.1 Å². The first-order valence-corrected chi connectivity index (χ1v) is 9.27. The zero-order chi connectivity index (χ0) is 18.6. The Hall–Kier alpha value is -2.09. The van der Waals surface area contributed by atoms with E-state index in [9.17, 15) is 13.2 Å². The lowest BCUT2D eigenvalue weighted by atomic mass is 10.3. The first-order chi connectivity index (χ1) is 11.7. The largest absolute Gasteiger partial charge is 0.481 e. The van der Waals surface area contributed by atoms with Crippen molar-refractivity contribution in [3.8, 4) is 5.75 Å². The van der Waals surface area contributed by atoms with Crippen LogP contribution >= 0.6 is 11.6 Å². The van der Waals surface area contributed by atoms with Gasteiger partial charge in [-0.15, -0.1) is 0 Å². The third-order valence-electron chi connectivity index (χ3n) is 3.38. The smallest absolute Gasteiger partial charge is 0.265 e. The van der Waals surface area contributed by atoms with Gasteiger partial charge in [0.2, 0.25) is 10.0 Å². The fourth-order valence-electron chi connectivity index (χ4n) is 1.96. The van der Waals surface area contributed by atoms with E-state index in [1.165, 1.54) is 38.4 Å². The number of carbonyl (C=O) groups excluding carboxylic acids is 1. The van der Waals surface area contributed by atoms with Gasteiger partial charge in [0.1, 0.15) is 5.75 Å².